The SMILES string of the molecule is CCCCC(CC)Cn1c2ccc(C(=O)c3ccccc3OCC(F)(F)C(F)F)cc2c2cc(C(=O)/C(C)=N\OC(C)=O)c3ccccc3c21. The van der Waals surface area contributed by atoms with E-state index in [1.54, 1.807) is 18.2 Å². The maximum Gasteiger partial charge on any atom is 0.340 e. The summed E-state index contributed by atoms with van der Waals surface area (Å²) in [7, 11) is 0. The molecule has 0 spiro atoms. The number of unbranched alkanes of at least 4 members (excludes halogenated alkanes) is 1. The number of carbonyl (C=O) groups is 3. The molecule has 1 unspecified atom stereocenters. The second-order valence-corrected chi connectivity index (χ2v) is 12.4. The molecule has 0 radical (unpaired) electrons. The van der Waals surface area contributed by atoms with E-state index in [0.717, 1.165) is 42.1 Å². The molecule has 5 rings (SSSR count). The summed E-state index contributed by atoms with van der Waals surface area (Å²) in [5.74, 6) is -5.96. The summed E-state index contributed by atoms with van der Waals surface area (Å²) < 4.78 is 60.4. The summed E-state index contributed by atoms with van der Waals surface area (Å²) in [5, 5.41) is 6.58. The van der Waals surface area contributed by atoms with Crippen LogP contribution in [0.15, 0.2) is 78.0 Å². The fourth-order valence-corrected chi connectivity index (χ4v) is 6.20. The molecule has 5 aromatic rings. The fraction of sp³-hybridized carbons (Fsp3) is 0.333. The van der Waals surface area contributed by atoms with Gasteiger partial charge in [-0.05, 0) is 61.0 Å². The lowest BCUT2D eigenvalue weighted by Gasteiger charge is -2.18. The van der Waals surface area contributed by atoms with Crippen LogP contribution >= 0.6 is 0 Å². The number of Topliss-reactive ketones (excluding diaryl/α,β-unsaturated/α-hetero) is 1. The average molecular weight is 691 g/mol. The Labute approximate surface area is 286 Å². The van der Waals surface area contributed by atoms with Crippen LogP contribution in [0.25, 0.3) is 32.6 Å². The number of rotatable bonds is 15. The normalized spacial score (nSPS) is 12.9. The zero-order chi connectivity index (χ0) is 36.2. The number of oxime groups is 1. The van der Waals surface area contributed by atoms with Crippen LogP contribution in [0, 0.1) is 5.92 Å². The number of alkyl halides is 4. The highest BCUT2D eigenvalue weighted by atomic mass is 19.3. The summed E-state index contributed by atoms with van der Waals surface area (Å²) >= 11 is 0. The van der Waals surface area contributed by atoms with E-state index in [4.69, 9.17) is 9.57 Å². The molecule has 1 heterocycles. The Hall–Kier alpha value is -5.06. The number of hydrogen-bond donors (Lipinski definition) is 0. The molecular formula is C39H38F4N2O5. The first-order valence-corrected chi connectivity index (χ1v) is 16.5. The molecule has 0 aliphatic heterocycles. The molecule has 0 aliphatic carbocycles. The van der Waals surface area contributed by atoms with Crippen molar-refractivity contribution in [1.29, 1.82) is 0 Å². The van der Waals surface area contributed by atoms with Crippen molar-refractivity contribution in [3.05, 3.63) is 89.5 Å². The molecule has 0 saturated carbocycles. The summed E-state index contributed by atoms with van der Waals surface area (Å²) in [4.78, 5) is 43.8. The number of ketones is 2. The molecule has 0 saturated heterocycles. The van der Waals surface area contributed by atoms with E-state index in [1.807, 2.05) is 30.3 Å². The van der Waals surface area contributed by atoms with Gasteiger partial charge >= 0.3 is 18.3 Å². The highest BCUT2D eigenvalue weighted by molar-refractivity contribution is 6.48. The van der Waals surface area contributed by atoms with E-state index in [2.05, 4.69) is 23.6 Å². The molecule has 50 heavy (non-hydrogen) atoms. The van der Waals surface area contributed by atoms with Crippen LogP contribution in [-0.4, -0.2) is 46.8 Å². The lowest BCUT2D eigenvalue weighted by Crippen LogP contribution is -2.34. The molecule has 0 amide bonds. The molecule has 0 fully saturated rings. The number of carbonyl (C=O) groups excluding carboxylic acids is 3. The van der Waals surface area contributed by atoms with E-state index >= 15 is 0 Å². The van der Waals surface area contributed by atoms with Crippen molar-refractivity contribution < 1.29 is 41.5 Å². The zero-order valence-electron chi connectivity index (χ0n) is 28.3. The Morgan fingerprint density at radius 3 is 2.24 bits per heavy atom. The number of nitrogens with zero attached hydrogens (tertiary/aromatic N) is 2. The largest absolute Gasteiger partial charge is 0.486 e. The molecule has 1 aromatic heterocycles. The minimum Gasteiger partial charge on any atom is -0.486 e. The van der Waals surface area contributed by atoms with Crippen molar-refractivity contribution in [2.75, 3.05) is 6.61 Å². The lowest BCUT2D eigenvalue weighted by molar-refractivity contribution is -0.148. The van der Waals surface area contributed by atoms with Crippen LogP contribution in [0.1, 0.15) is 79.7 Å². The predicted octanol–water partition coefficient (Wildman–Crippen LogP) is 9.80. The molecule has 7 nitrogen and oxygen atoms in total. The van der Waals surface area contributed by atoms with Gasteiger partial charge in [0.1, 0.15) is 11.5 Å². The van der Waals surface area contributed by atoms with Gasteiger partial charge in [0.2, 0.25) is 5.78 Å². The van der Waals surface area contributed by atoms with E-state index in [9.17, 15) is 31.9 Å². The van der Waals surface area contributed by atoms with Gasteiger partial charge in [-0.1, -0.05) is 74.7 Å². The monoisotopic (exact) mass is 690 g/mol. The van der Waals surface area contributed by atoms with Crippen LogP contribution < -0.4 is 4.74 Å². The summed E-state index contributed by atoms with van der Waals surface area (Å²) in [5.41, 5.74) is 2.15. The van der Waals surface area contributed by atoms with Crippen molar-refractivity contribution in [3.8, 4) is 5.75 Å². The Kier molecular flexibility index (Phi) is 11.0. The van der Waals surface area contributed by atoms with E-state index in [-0.39, 0.29) is 22.6 Å². The molecule has 1 atom stereocenters. The van der Waals surface area contributed by atoms with Gasteiger partial charge in [-0.2, -0.15) is 8.78 Å². The van der Waals surface area contributed by atoms with Crippen LogP contribution in [0.5, 0.6) is 5.75 Å². The average Bonchev–Trinajstić information content (AvgIpc) is 3.42. The van der Waals surface area contributed by atoms with Gasteiger partial charge in [-0.25, -0.2) is 13.6 Å². The first-order valence-electron chi connectivity index (χ1n) is 16.5. The highest BCUT2D eigenvalue weighted by Gasteiger charge is 2.42. The van der Waals surface area contributed by atoms with Crippen molar-refractivity contribution in [2.45, 2.75) is 72.3 Å². The van der Waals surface area contributed by atoms with Crippen molar-refractivity contribution in [3.63, 3.8) is 0 Å². The minimum absolute atomic E-state index is 0.0241. The second kappa shape index (κ2) is 15.2. The molecule has 262 valence electrons. The number of aromatic nitrogens is 1. The molecule has 11 heteroatoms. The van der Waals surface area contributed by atoms with Crippen molar-refractivity contribution >= 4 is 55.8 Å². The van der Waals surface area contributed by atoms with Crippen molar-refractivity contribution in [2.24, 2.45) is 11.1 Å². The Morgan fingerprint density at radius 2 is 1.56 bits per heavy atom. The fourth-order valence-electron chi connectivity index (χ4n) is 6.20. The molecule has 0 N–H and O–H groups in total. The van der Waals surface area contributed by atoms with Crippen LogP contribution in [-0.2, 0) is 16.2 Å². The van der Waals surface area contributed by atoms with Gasteiger partial charge in [-0.3, -0.25) is 9.59 Å². The third-order valence-electron chi connectivity index (χ3n) is 8.87. The van der Waals surface area contributed by atoms with Crippen molar-refractivity contribution in [1.82, 2.24) is 4.57 Å². The standard InChI is InChI=1S/C39H38F4N2O5/c1-5-7-12-25(6-2)21-45-33-18-17-26(37(48)29-15-10-11-16-34(29)49-22-39(42,43)38(40)41)19-30(33)31-20-32(36(47)23(3)44-50-24(4)46)27-13-8-9-14-28(27)35(31)45/h8-11,13-20,25,38H,5-7,12,21-22H2,1-4H3/b44-23-. The Morgan fingerprint density at radius 1 is 0.860 bits per heavy atom. The van der Waals surface area contributed by atoms with Gasteiger partial charge < -0.3 is 14.1 Å². The second-order valence-electron chi connectivity index (χ2n) is 12.4. The van der Waals surface area contributed by atoms with E-state index in [1.165, 1.54) is 38.1 Å². The van der Waals surface area contributed by atoms with E-state index < -0.39 is 36.5 Å². The van der Waals surface area contributed by atoms with Gasteiger partial charge in [0.15, 0.2) is 12.4 Å². The van der Waals surface area contributed by atoms with Gasteiger partial charge in [0.25, 0.3) is 0 Å². The van der Waals surface area contributed by atoms with Crippen LogP contribution in [0.3, 0.4) is 0 Å². The molecular weight excluding hydrogens is 652 g/mol. The lowest BCUT2D eigenvalue weighted by atomic mass is 9.95. The number of halogens is 4. The third-order valence-corrected chi connectivity index (χ3v) is 8.87. The smallest absolute Gasteiger partial charge is 0.340 e. The zero-order valence-corrected chi connectivity index (χ0v) is 28.3. The maximum absolute atomic E-state index is 13.9. The topological polar surface area (TPSA) is 87.0 Å². The highest BCUT2D eigenvalue weighted by Crippen LogP contribution is 2.39. The maximum atomic E-state index is 13.9. The van der Waals surface area contributed by atoms with Crippen LogP contribution in [0.2, 0.25) is 0 Å². The first kappa shape index (κ1) is 36.2. The predicted molar refractivity (Wildman–Crippen MR) is 186 cm³/mol. The first-order chi connectivity index (χ1) is 23.9. The summed E-state index contributed by atoms with van der Waals surface area (Å²) in [6, 6.07) is 20.1. The van der Waals surface area contributed by atoms with E-state index in [0.29, 0.717) is 34.2 Å². The number of hydrogen-bond acceptors (Lipinski definition) is 6. The Balaban J connectivity index is 1.72. The summed E-state index contributed by atoms with van der Waals surface area (Å²) in [6.07, 6.45) is 0.164. The van der Waals surface area contributed by atoms with Gasteiger partial charge in [-0.15, -0.1) is 0 Å². The number of fused-ring (bicyclic) bond motifs is 5. The minimum atomic E-state index is -4.40. The summed E-state index contributed by atoms with van der Waals surface area (Å²) in [6.45, 7) is 6.04. The van der Waals surface area contributed by atoms with Gasteiger partial charge in [0, 0.05) is 46.3 Å². The molecule has 4 aromatic carbocycles. The molecule has 0 bridgehead atoms. The van der Waals surface area contributed by atoms with Crippen LogP contribution in [0.4, 0.5) is 17.6 Å². The number of para-hydroxylation sites is 1. The van der Waals surface area contributed by atoms with Gasteiger partial charge in [0.05, 0.1) is 11.1 Å². The third kappa shape index (κ3) is 7.41. The quantitative estimate of drug-likeness (QED) is 0.0359. The number of benzene rings is 4. The Bertz CT molecular complexity index is 2100. The molecule has 0 aliphatic rings. The number of ether oxygens (including phenoxy) is 1.